The number of carbonyl (C=O) groups excluding carboxylic acids is 1. The molecule has 25 heavy (non-hydrogen) atoms. The monoisotopic (exact) mass is 361 g/mol. The number of aliphatic hydroxyl groups excluding tert-OH is 1. The fourth-order valence-corrected chi connectivity index (χ4v) is 2.52. The van der Waals surface area contributed by atoms with Gasteiger partial charge < -0.3 is 14.6 Å². The number of aliphatic hydroxyl groups is 1. The van der Waals surface area contributed by atoms with Crippen molar-refractivity contribution in [1.82, 2.24) is 4.98 Å². The number of hydrogen-bond acceptors (Lipinski definition) is 5. The minimum absolute atomic E-state index is 0.124. The van der Waals surface area contributed by atoms with Gasteiger partial charge in [0.25, 0.3) is 0 Å². The topological polar surface area (TPSA) is 68.7 Å². The molecule has 0 saturated heterocycles. The third-order valence-electron chi connectivity index (χ3n) is 3.64. The van der Waals surface area contributed by atoms with Gasteiger partial charge in [-0.05, 0) is 30.3 Å². The Morgan fingerprint density at radius 2 is 2.08 bits per heavy atom. The van der Waals surface area contributed by atoms with E-state index < -0.39 is 18.4 Å². The fourth-order valence-electron chi connectivity index (χ4n) is 2.37. The van der Waals surface area contributed by atoms with Gasteiger partial charge in [-0.2, -0.15) is 0 Å². The number of halogens is 2. The Balaban J connectivity index is 2.14. The lowest BCUT2D eigenvalue weighted by molar-refractivity contribution is 0.0601. The molecule has 7 heteroatoms. The molecular weight excluding hydrogens is 349 g/mol. The van der Waals surface area contributed by atoms with Crippen LogP contribution in [-0.2, 0) is 11.3 Å². The van der Waals surface area contributed by atoms with Crippen molar-refractivity contribution in [3.63, 3.8) is 0 Å². The van der Waals surface area contributed by atoms with Gasteiger partial charge in [-0.3, -0.25) is 4.98 Å². The van der Waals surface area contributed by atoms with Crippen molar-refractivity contribution in [3.8, 4) is 11.5 Å². The number of methoxy groups -OCH3 is 1. The molecule has 5 nitrogen and oxygen atoms in total. The van der Waals surface area contributed by atoms with E-state index in [0.29, 0.717) is 16.5 Å². The van der Waals surface area contributed by atoms with Gasteiger partial charge in [0, 0.05) is 17.1 Å². The van der Waals surface area contributed by atoms with Crippen molar-refractivity contribution < 1.29 is 23.8 Å². The number of carbonyl (C=O) groups is 1. The number of pyridine rings is 1. The molecule has 0 aliphatic carbocycles. The maximum absolute atomic E-state index is 14.3. The second kappa shape index (κ2) is 7.04. The maximum Gasteiger partial charge on any atom is 0.337 e. The highest BCUT2D eigenvalue weighted by Gasteiger charge is 2.17. The standard InChI is InChI=1S/C18H13ClFNO4/c1-24-18(23)10-3-5-14-12(8-10)15(6-7-21-14)25-17-11(9-22)2-4-13(19)16(17)20/h2-8,22H,9H2,1H3. The number of hydrogen-bond donors (Lipinski definition) is 1. The molecule has 0 bridgehead atoms. The lowest BCUT2D eigenvalue weighted by Gasteiger charge is -2.13. The van der Waals surface area contributed by atoms with Gasteiger partial charge in [0.1, 0.15) is 5.75 Å². The lowest BCUT2D eigenvalue weighted by atomic mass is 10.1. The molecular formula is C18H13ClFNO4. The molecule has 0 fully saturated rings. The van der Waals surface area contributed by atoms with Crippen molar-refractivity contribution >= 4 is 28.5 Å². The number of ether oxygens (including phenoxy) is 2. The average molecular weight is 362 g/mol. The van der Waals surface area contributed by atoms with E-state index in [-0.39, 0.29) is 22.1 Å². The van der Waals surface area contributed by atoms with Gasteiger partial charge in [0.15, 0.2) is 11.6 Å². The normalized spacial score (nSPS) is 10.7. The molecule has 0 spiro atoms. The molecule has 128 valence electrons. The maximum atomic E-state index is 14.3. The number of nitrogens with zero attached hydrogens (tertiary/aromatic N) is 1. The largest absolute Gasteiger partial charge is 0.465 e. The van der Waals surface area contributed by atoms with E-state index in [1.54, 1.807) is 18.2 Å². The van der Waals surface area contributed by atoms with E-state index in [1.165, 1.54) is 31.5 Å². The molecule has 0 saturated carbocycles. The lowest BCUT2D eigenvalue weighted by Crippen LogP contribution is -2.01. The average Bonchev–Trinajstić information content (AvgIpc) is 2.64. The Labute approximate surface area is 147 Å². The van der Waals surface area contributed by atoms with E-state index in [0.717, 1.165) is 0 Å². The number of fused-ring (bicyclic) bond motifs is 1. The summed E-state index contributed by atoms with van der Waals surface area (Å²) in [6.07, 6.45) is 1.50. The van der Waals surface area contributed by atoms with E-state index in [1.807, 2.05) is 0 Å². The van der Waals surface area contributed by atoms with Gasteiger partial charge in [-0.25, -0.2) is 9.18 Å². The summed E-state index contributed by atoms with van der Waals surface area (Å²) in [7, 11) is 1.28. The zero-order valence-corrected chi connectivity index (χ0v) is 13.9. The summed E-state index contributed by atoms with van der Waals surface area (Å²) in [5.41, 5.74) is 1.11. The van der Waals surface area contributed by atoms with Crippen LogP contribution in [0.5, 0.6) is 11.5 Å². The van der Waals surface area contributed by atoms with Crippen LogP contribution in [0.2, 0.25) is 5.02 Å². The van der Waals surface area contributed by atoms with E-state index in [2.05, 4.69) is 4.98 Å². The molecule has 0 atom stereocenters. The first kappa shape index (κ1) is 17.1. The first-order valence-electron chi connectivity index (χ1n) is 7.28. The Bertz CT molecular complexity index is 961. The van der Waals surface area contributed by atoms with E-state index in [4.69, 9.17) is 21.1 Å². The Morgan fingerprint density at radius 1 is 1.28 bits per heavy atom. The Hall–Kier alpha value is -2.70. The molecule has 1 aromatic heterocycles. The van der Waals surface area contributed by atoms with Crippen LogP contribution in [0.25, 0.3) is 10.9 Å². The van der Waals surface area contributed by atoms with Crippen LogP contribution in [-0.4, -0.2) is 23.2 Å². The number of rotatable bonds is 4. The van der Waals surface area contributed by atoms with Crippen LogP contribution >= 0.6 is 11.6 Å². The summed E-state index contributed by atoms with van der Waals surface area (Å²) >= 11 is 5.80. The highest BCUT2D eigenvalue weighted by Crippen LogP contribution is 2.35. The predicted molar refractivity (Wildman–Crippen MR) is 90.5 cm³/mol. The molecule has 0 aliphatic rings. The molecule has 0 radical (unpaired) electrons. The number of esters is 1. The quantitative estimate of drug-likeness (QED) is 0.708. The van der Waals surface area contributed by atoms with Crippen LogP contribution < -0.4 is 4.74 Å². The van der Waals surface area contributed by atoms with Gasteiger partial charge in [-0.15, -0.1) is 0 Å². The van der Waals surface area contributed by atoms with Gasteiger partial charge in [0.05, 0.1) is 29.8 Å². The summed E-state index contributed by atoms with van der Waals surface area (Å²) in [5.74, 6) is -1.19. The number of aromatic nitrogens is 1. The smallest absolute Gasteiger partial charge is 0.337 e. The molecule has 1 N–H and O–H groups in total. The molecule has 3 aromatic rings. The number of benzene rings is 2. The van der Waals surface area contributed by atoms with Crippen molar-refractivity contribution in [2.24, 2.45) is 0 Å². The highest BCUT2D eigenvalue weighted by molar-refractivity contribution is 6.30. The minimum Gasteiger partial charge on any atom is -0.465 e. The van der Waals surface area contributed by atoms with Crippen LogP contribution in [0.3, 0.4) is 0 Å². The van der Waals surface area contributed by atoms with Crippen LogP contribution in [0.15, 0.2) is 42.6 Å². The van der Waals surface area contributed by atoms with Gasteiger partial charge in [0.2, 0.25) is 0 Å². The minimum atomic E-state index is -0.776. The van der Waals surface area contributed by atoms with Crippen molar-refractivity contribution in [2.75, 3.05) is 7.11 Å². The Morgan fingerprint density at radius 3 is 2.80 bits per heavy atom. The zero-order valence-electron chi connectivity index (χ0n) is 13.1. The van der Waals surface area contributed by atoms with Gasteiger partial charge in [-0.1, -0.05) is 17.7 Å². The zero-order chi connectivity index (χ0) is 18.0. The van der Waals surface area contributed by atoms with Crippen molar-refractivity contribution in [1.29, 1.82) is 0 Å². The Kier molecular flexibility index (Phi) is 4.83. The molecule has 0 aliphatic heterocycles. The summed E-state index contributed by atoms with van der Waals surface area (Å²) < 4.78 is 24.7. The molecule has 2 aromatic carbocycles. The van der Waals surface area contributed by atoms with Crippen molar-refractivity contribution in [3.05, 3.63) is 64.6 Å². The summed E-state index contributed by atoms with van der Waals surface area (Å²) in [4.78, 5) is 15.9. The first-order chi connectivity index (χ1) is 12.0. The first-order valence-corrected chi connectivity index (χ1v) is 7.65. The predicted octanol–water partition coefficient (Wildman–Crippen LogP) is 4.10. The SMILES string of the molecule is COC(=O)c1ccc2nccc(Oc3c(CO)ccc(Cl)c3F)c2c1. The van der Waals surface area contributed by atoms with Crippen LogP contribution in [0.1, 0.15) is 15.9 Å². The van der Waals surface area contributed by atoms with Crippen molar-refractivity contribution in [2.45, 2.75) is 6.61 Å². The van der Waals surface area contributed by atoms with Crippen LogP contribution in [0, 0.1) is 5.82 Å². The third kappa shape index (κ3) is 3.26. The molecule has 3 rings (SSSR count). The second-order valence-corrected chi connectivity index (χ2v) is 5.55. The second-order valence-electron chi connectivity index (χ2n) is 5.14. The van der Waals surface area contributed by atoms with E-state index in [9.17, 15) is 14.3 Å². The summed E-state index contributed by atoms with van der Waals surface area (Å²) in [5, 5.41) is 9.78. The highest BCUT2D eigenvalue weighted by atomic mass is 35.5. The fraction of sp³-hybridized carbons (Fsp3) is 0.111. The molecule has 0 amide bonds. The van der Waals surface area contributed by atoms with Crippen LogP contribution in [0.4, 0.5) is 4.39 Å². The third-order valence-corrected chi connectivity index (χ3v) is 3.93. The van der Waals surface area contributed by atoms with E-state index >= 15 is 0 Å². The van der Waals surface area contributed by atoms with Gasteiger partial charge >= 0.3 is 5.97 Å². The summed E-state index contributed by atoms with van der Waals surface area (Å²) in [6, 6.07) is 9.11. The molecule has 0 unspecified atom stereocenters. The molecule has 1 heterocycles. The summed E-state index contributed by atoms with van der Waals surface area (Å²) in [6.45, 7) is -0.417.